The molecule has 0 amide bonds. The smallest absolute Gasteiger partial charge is 0.322 e. The molecule has 2 saturated carbocycles. The first kappa shape index (κ1) is 11.9. The zero-order valence-electron chi connectivity index (χ0n) is 10.4. The Labute approximate surface area is 97.9 Å². The van der Waals surface area contributed by atoms with Gasteiger partial charge < -0.3 is 10.1 Å². The van der Waals surface area contributed by atoms with E-state index in [4.69, 9.17) is 4.74 Å². The molecule has 0 bridgehead atoms. The van der Waals surface area contributed by atoms with E-state index >= 15 is 0 Å². The van der Waals surface area contributed by atoms with E-state index in [1.54, 1.807) is 0 Å². The lowest BCUT2D eigenvalue weighted by Gasteiger charge is -2.20. The van der Waals surface area contributed by atoms with E-state index in [9.17, 15) is 4.79 Å². The Kier molecular flexibility index (Phi) is 3.85. The molecule has 2 fully saturated rings. The minimum atomic E-state index is -0.118. The third kappa shape index (κ3) is 2.97. The molecule has 0 aromatic carbocycles. The summed E-state index contributed by atoms with van der Waals surface area (Å²) in [6, 6.07) is -0.106. The lowest BCUT2D eigenvalue weighted by molar-refractivity contribution is -0.143. The van der Waals surface area contributed by atoms with Gasteiger partial charge in [-0.25, -0.2) is 0 Å². The number of carbonyl (C=O) groups excluding carboxylic acids is 1. The summed E-state index contributed by atoms with van der Waals surface area (Å²) in [5, 5.41) is 3.39. The highest BCUT2D eigenvalue weighted by molar-refractivity contribution is 5.75. The zero-order chi connectivity index (χ0) is 11.5. The number of ether oxygens (including phenoxy) is 1. The average Bonchev–Trinajstić information content (AvgIpc) is 3.16. The van der Waals surface area contributed by atoms with Gasteiger partial charge >= 0.3 is 5.97 Å². The molecule has 2 aliphatic carbocycles. The van der Waals surface area contributed by atoms with E-state index < -0.39 is 0 Å². The fraction of sp³-hybridized carbons (Fsp3) is 0.923. The number of hydrogen-bond acceptors (Lipinski definition) is 3. The van der Waals surface area contributed by atoms with Crippen LogP contribution < -0.4 is 5.32 Å². The summed E-state index contributed by atoms with van der Waals surface area (Å²) in [6.45, 7) is 3.03. The number of carbonyl (C=O) groups is 1. The molecule has 1 N–H and O–H groups in total. The highest BCUT2D eigenvalue weighted by Crippen LogP contribution is 2.48. The van der Waals surface area contributed by atoms with E-state index in [0.29, 0.717) is 0 Å². The first-order valence-corrected chi connectivity index (χ1v) is 6.57. The first-order valence-electron chi connectivity index (χ1n) is 6.57. The van der Waals surface area contributed by atoms with Crippen LogP contribution in [0, 0.1) is 17.8 Å². The molecule has 3 nitrogen and oxygen atoms in total. The molecule has 0 heterocycles. The Morgan fingerprint density at radius 3 is 2.25 bits per heavy atom. The van der Waals surface area contributed by atoms with E-state index in [2.05, 4.69) is 5.32 Å². The molecule has 16 heavy (non-hydrogen) atoms. The van der Waals surface area contributed by atoms with Crippen molar-refractivity contribution < 1.29 is 9.53 Å². The number of nitrogens with one attached hydrogen (secondary N) is 1. The molecule has 1 atom stereocenters. The Balaban J connectivity index is 1.76. The molecule has 3 heteroatoms. The maximum atomic E-state index is 11.4. The molecule has 2 rings (SSSR count). The third-order valence-corrected chi connectivity index (χ3v) is 3.95. The summed E-state index contributed by atoms with van der Waals surface area (Å²) in [5.74, 6) is 2.58. The molecule has 0 aromatic rings. The Morgan fingerprint density at radius 2 is 1.88 bits per heavy atom. The minimum Gasteiger partial charge on any atom is -0.468 e. The van der Waals surface area contributed by atoms with Crippen molar-refractivity contribution in [2.75, 3.05) is 13.7 Å². The van der Waals surface area contributed by atoms with Crippen molar-refractivity contribution >= 4 is 5.97 Å². The third-order valence-electron chi connectivity index (χ3n) is 3.95. The van der Waals surface area contributed by atoms with Gasteiger partial charge in [-0.15, -0.1) is 0 Å². The van der Waals surface area contributed by atoms with Crippen molar-refractivity contribution in [3.8, 4) is 0 Å². The topological polar surface area (TPSA) is 38.3 Å². The lowest BCUT2D eigenvalue weighted by atomic mass is 9.97. The summed E-state index contributed by atoms with van der Waals surface area (Å²) < 4.78 is 4.79. The Morgan fingerprint density at radius 1 is 1.31 bits per heavy atom. The van der Waals surface area contributed by atoms with Crippen LogP contribution in [0.2, 0.25) is 0 Å². The maximum absolute atomic E-state index is 11.4. The quantitative estimate of drug-likeness (QED) is 0.673. The van der Waals surface area contributed by atoms with Gasteiger partial charge in [-0.05, 0) is 56.4 Å². The lowest BCUT2D eigenvalue weighted by Crippen LogP contribution is -2.40. The molecule has 0 aliphatic heterocycles. The van der Waals surface area contributed by atoms with Crippen LogP contribution >= 0.6 is 0 Å². The summed E-state index contributed by atoms with van der Waals surface area (Å²) in [6.07, 6.45) is 6.42. The van der Waals surface area contributed by atoms with Crippen molar-refractivity contribution in [3.05, 3.63) is 0 Å². The number of esters is 1. The highest BCUT2D eigenvalue weighted by atomic mass is 16.5. The van der Waals surface area contributed by atoms with Gasteiger partial charge in [-0.1, -0.05) is 6.92 Å². The van der Waals surface area contributed by atoms with Crippen molar-refractivity contribution in [1.29, 1.82) is 0 Å². The SMILES string of the molecule is CCC(NCC(C1CC1)C1CC1)C(=O)OC. The van der Waals surface area contributed by atoms with Crippen LogP contribution in [-0.4, -0.2) is 25.7 Å². The second-order valence-corrected chi connectivity index (χ2v) is 5.23. The van der Waals surface area contributed by atoms with Crippen LogP contribution in [0.15, 0.2) is 0 Å². The van der Waals surface area contributed by atoms with Crippen molar-refractivity contribution in [1.82, 2.24) is 5.32 Å². The van der Waals surface area contributed by atoms with Gasteiger partial charge in [-0.2, -0.15) is 0 Å². The van der Waals surface area contributed by atoms with Crippen LogP contribution in [0.1, 0.15) is 39.0 Å². The second kappa shape index (κ2) is 5.17. The predicted molar refractivity (Wildman–Crippen MR) is 63.0 cm³/mol. The molecule has 2 aliphatic rings. The van der Waals surface area contributed by atoms with Gasteiger partial charge in [0.05, 0.1) is 7.11 Å². The van der Waals surface area contributed by atoms with Crippen molar-refractivity contribution in [2.24, 2.45) is 17.8 Å². The van der Waals surface area contributed by atoms with Gasteiger partial charge in [0.2, 0.25) is 0 Å². The summed E-state index contributed by atoms with van der Waals surface area (Å²) in [4.78, 5) is 11.4. The Hall–Kier alpha value is -0.570. The molecule has 92 valence electrons. The standard InChI is InChI=1S/C13H23NO2/c1-3-12(13(15)16-2)14-8-11(9-4-5-9)10-6-7-10/h9-12,14H,3-8H2,1-2H3. The maximum Gasteiger partial charge on any atom is 0.322 e. The number of rotatable bonds is 7. The average molecular weight is 225 g/mol. The number of hydrogen-bond donors (Lipinski definition) is 1. The van der Waals surface area contributed by atoms with Crippen LogP contribution in [-0.2, 0) is 9.53 Å². The molecule has 0 radical (unpaired) electrons. The summed E-state index contributed by atoms with van der Waals surface area (Å²) in [7, 11) is 1.46. The van der Waals surface area contributed by atoms with E-state index in [1.165, 1.54) is 32.8 Å². The molecule has 0 aromatic heterocycles. The second-order valence-electron chi connectivity index (χ2n) is 5.23. The van der Waals surface area contributed by atoms with Crippen molar-refractivity contribution in [3.63, 3.8) is 0 Å². The van der Waals surface area contributed by atoms with Crippen LogP contribution in [0.3, 0.4) is 0 Å². The zero-order valence-corrected chi connectivity index (χ0v) is 10.4. The molecule has 0 spiro atoms. The molecular weight excluding hydrogens is 202 g/mol. The van der Waals surface area contributed by atoms with Crippen LogP contribution in [0.4, 0.5) is 0 Å². The fourth-order valence-corrected chi connectivity index (χ4v) is 2.58. The first-order chi connectivity index (χ1) is 7.76. The van der Waals surface area contributed by atoms with Gasteiger partial charge in [0.15, 0.2) is 0 Å². The monoisotopic (exact) mass is 225 g/mol. The van der Waals surface area contributed by atoms with Gasteiger partial charge in [0.1, 0.15) is 6.04 Å². The summed E-state index contributed by atoms with van der Waals surface area (Å²) >= 11 is 0. The van der Waals surface area contributed by atoms with E-state index in [0.717, 1.165) is 30.7 Å². The van der Waals surface area contributed by atoms with Gasteiger partial charge in [-0.3, -0.25) is 4.79 Å². The van der Waals surface area contributed by atoms with E-state index in [1.807, 2.05) is 6.92 Å². The molecular formula is C13H23NO2. The molecule has 1 unspecified atom stereocenters. The minimum absolute atomic E-state index is 0.106. The van der Waals surface area contributed by atoms with Crippen molar-refractivity contribution in [2.45, 2.75) is 45.1 Å². The normalized spacial score (nSPS) is 22.2. The largest absolute Gasteiger partial charge is 0.468 e. The van der Waals surface area contributed by atoms with Gasteiger partial charge in [0.25, 0.3) is 0 Å². The van der Waals surface area contributed by atoms with Crippen LogP contribution in [0.25, 0.3) is 0 Å². The van der Waals surface area contributed by atoms with Crippen LogP contribution in [0.5, 0.6) is 0 Å². The fourth-order valence-electron chi connectivity index (χ4n) is 2.58. The molecule has 0 saturated heterocycles. The highest BCUT2D eigenvalue weighted by Gasteiger charge is 2.41. The summed E-state index contributed by atoms with van der Waals surface area (Å²) in [5.41, 5.74) is 0. The van der Waals surface area contributed by atoms with E-state index in [-0.39, 0.29) is 12.0 Å². The Bertz CT molecular complexity index is 234. The van der Waals surface area contributed by atoms with Gasteiger partial charge in [0, 0.05) is 0 Å². The predicted octanol–water partition coefficient (Wildman–Crippen LogP) is 1.96. The number of methoxy groups -OCH3 is 1.